The average Bonchev–Trinajstić information content (AvgIpc) is 3.78. The van der Waals surface area contributed by atoms with Crippen LogP contribution in [0.2, 0.25) is 0 Å². The Hall–Kier alpha value is -8.53. The van der Waals surface area contributed by atoms with E-state index in [1.54, 1.807) is 0 Å². The summed E-state index contributed by atoms with van der Waals surface area (Å²) in [7, 11) is 0. The summed E-state index contributed by atoms with van der Waals surface area (Å²) in [6.07, 6.45) is 7.19. The van der Waals surface area contributed by atoms with Gasteiger partial charge in [-0.2, -0.15) is 0 Å². The normalized spacial score (nSPS) is 15.1. The van der Waals surface area contributed by atoms with Crippen molar-refractivity contribution in [2.75, 3.05) is 0 Å². The van der Waals surface area contributed by atoms with Crippen molar-refractivity contribution in [2.24, 2.45) is 4.99 Å². The third kappa shape index (κ3) is 6.32. The van der Waals surface area contributed by atoms with Gasteiger partial charge in [0.05, 0.1) is 16.9 Å². The van der Waals surface area contributed by atoms with Gasteiger partial charge in [0.25, 0.3) is 0 Å². The highest BCUT2D eigenvalue weighted by Crippen LogP contribution is 2.41. The number of aromatic nitrogens is 1. The Morgan fingerprint density at radius 1 is 0.415 bits per heavy atom. The molecule has 3 nitrogen and oxygen atoms in total. The molecule has 0 saturated heterocycles. The summed E-state index contributed by atoms with van der Waals surface area (Å²) in [5.74, 6) is 0. The van der Waals surface area contributed by atoms with E-state index in [2.05, 4.69) is 235 Å². The van der Waals surface area contributed by atoms with Gasteiger partial charge in [0, 0.05) is 44.7 Å². The summed E-state index contributed by atoms with van der Waals surface area (Å²) >= 11 is 0. The van der Waals surface area contributed by atoms with Gasteiger partial charge in [-0.05, 0) is 109 Å². The average molecular weight is 829 g/mol. The lowest BCUT2D eigenvalue weighted by Gasteiger charge is -2.16. The van der Waals surface area contributed by atoms with Gasteiger partial charge in [0.1, 0.15) is 5.58 Å². The summed E-state index contributed by atoms with van der Waals surface area (Å²) in [5, 5.41) is 11.3. The minimum Gasteiger partial charge on any atom is -0.453 e. The highest BCUT2D eigenvalue weighted by molar-refractivity contribution is 6.22. The van der Waals surface area contributed by atoms with E-state index in [0.717, 1.165) is 93.7 Å². The monoisotopic (exact) mass is 828 g/mol. The lowest BCUT2D eigenvalue weighted by atomic mass is 9.92. The standard InChI is InChI=1S/C62H40N2O/c1-3-13-40(14-4-1)42-29-32-50(33-30-42)64-51-34-31-45-35-48(27-26-46(45)37-51)56-39-59(49-28-25-41-15-7-8-18-44(41)36-49)63-58(43-16-5-2-6-17-43)24-12-21-53(56)54-22-11-23-55-57-38-47-19-9-10-20-52(47)60(64)62(57)65-61(54)55/h1-38H,39H2/b21-12+,56-53?,58-24-,63-59+. The molecule has 65 heavy (non-hydrogen) atoms. The molecule has 13 aromatic rings. The second-order valence-electron chi connectivity index (χ2n) is 17.1. The molecule has 0 amide bonds. The topological polar surface area (TPSA) is 30.4 Å². The molecule has 1 aliphatic rings. The van der Waals surface area contributed by atoms with E-state index in [4.69, 9.17) is 9.41 Å². The molecule has 0 aliphatic carbocycles. The molecular weight excluding hydrogens is 789 g/mol. The van der Waals surface area contributed by atoms with Crippen molar-refractivity contribution in [3.05, 3.63) is 247 Å². The van der Waals surface area contributed by atoms with Crippen molar-refractivity contribution in [2.45, 2.75) is 6.42 Å². The Labute approximate surface area is 375 Å². The fraction of sp³-hybridized carbons (Fsp3) is 0.0161. The summed E-state index contributed by atoms with van der Waals surface area (Å²) < 4.78 is 9.84. The quantitative estimate of drug-likeness (QED) is 0.174. The smallest absolute Gasteiger partial charge is 0.160 e. The van der Waals surface area contributed by atoms with Crippen LogP contribution in [0.3, 0.4) is 0 Å². The van der Waals surface area contributed by atoms with Crippen LogP contribution in [-0.4, -0.2) is 10.3 Å². The molecule has 0 unspecified atom stereocenters. The summed E-state index contributed by atoms with van der Waals surface area (Å²) in [4.78, 5) is 5.58. The fourth-order valence-electron chi connectivity index (χ4n) is 10.0. The summed E-state index contributed by atoms with van der Waals surface area (Å²) in [5.41, 5.74) is 13.6. The first-order valence-electron chi connectivity index (χ1n) is 22.3. The number of hydrogen-bond acceptors (Lipinski definition) is 2. The minimum atomic E-state index is 0.588. The van der Waals surface area contributed by atoms with Crippen LogP contribution in [0.4, 0.5) is 0 Å². The molecule has 0 spiro atoms. The van der Waals surface area contributed by atoms with Gasteiger partial charge in [-0.1, -0.05) is 182 Å². The molecule has 0 saturated carbocycles. The first-order valence-corrected chi connectivity index (χ1v) is 22.3. The van der Waals surface area contributed by atoms with Gasteiger partial charge >= 0.3 is 0 Å². The van der Waals surface area contributed by atoms with Gasteiger partial charge < -0.3 is 8.98 Å². The number of furan rings is 1. The number of allylic oxidation sites excluding steroid dienone is 2. The maximum absolute atomic E-state index is 7.45. The van der Waals surface area contributed by atoms with Gasteiger partial charge in [0.2, 0.25) is 0 Å². The second-order valence-corrected chi connectivity index (χ2v) is 17.1. The Balaban J connectivity index is 1.17. The molecule has 3 aromatic heterocycles. The van der Waals surface area contributed by atoms with Crippen molar-refractivity contribution in [1.82, 2.24) is 4.57 Å². The number of aliphatic imine (C=N–C) groups is 1. The third-order valence-electron chi connectivity index (χ3n) is 13.3. The van der Waals surface area contributed by atoms with Crippen LogP contribution in [0.1, 0.15) is 22.3 Å². The van der Waals surface area contributed by atoms with E-state index in [1.165, 1.54) is 32.8 Å². The Bertz CT molecular complexity index is 4000. The maximum atomic E-state index is 7.45. The number of para-hydroxylation sites is 1. The SMILES string of the molecule is C1=C(c2ccccc2)\N=C(\c2ccc3ccccc3c2)Cc2c(c3cccc4c5cc6ccccc6c(c5oc34)n(-c3ccc(-c4ccccc4)cc3)c3ccc4cc2ccc4c3)/C=C/1. The number of nitrogens with zero attached hydrogens (tertiary/aromatic N) is 2. The zero-order chi connectivity index (χ0) is 42.8. The van der Waals surface area contributed by atoms with Crippen molar-refractivity contribution in [3.63, 3.8) is 0 Å². The molecule has 10 aromatic carbocycles. The fourth-order valence-corrected chi connectivity index (χ4v) is 10.0. The highest BCUT2D eigenvalue weighted by atomic mass is 16.3. The molecule has 0 radical (unpaired) electrons. The molecule has 304 valence electrons. The van der Waals surface area contributed by atoms with Crippen molar-refractivity contribution >= 4 is 93.5 Å². The van der Waals surface area contributed by atoms with Crippen molar-refractivity contribution in [3.8, 4) is 16.8 Å². The Morgan fingerprint density at radius 2 is 1.05 bits per heavy atom. The van der Waals surface area contributed by atoms with Crippen molar-refractivity contribution < 1.29 is 4.42 Å². The van der Waals surface area contributed by atoms with E-state index in [-0.39, 0.29) is 0 Å². The second kappa shape index (κ2) is 15.1. The predicted octanol–water partition coefficient (Wildman–Crippen LogP) is 16.5. The zero-order valence-corrected chi connectivity index (χ0v) is 35.4. The zero-order valence-electron chi connectivity index (χ0n) is 35.4. The molecule has 4 heterocycles. The molecule has 3 heteroatoms. The lowest BCUT2D eigenvalue weighted by molar-refractivity contribution is 0.674. The largest absolute Gasteiger partial charge is 0.453 e. The maximum Gasteiger partial charge on any atom is 0.160 e. The van der Waals surface area contributed by atoms with E-state index in [1.807, 2.05) is 0 Å². The lowest BCUT2D eigenvalue weighted by Crippen LogP contribution is -2.07. The summed E-state index contributed by atoms with van der Waals surface area (Å²) in [6, 6.07) is 76.8. The first-order chi connectivity index (χ1) is 32.2. The van der Waals surface area contributed by atoms with Crippen molar-refractivity contribution in [1.29, 1.82) is 0 Å². The van der Waals surface area contributed by atoms with Gasteiger partial charge in [0.15, 0.2) is 5.58 Å². The number of benzene rings is 10. The van der Waals surface area contributed by atoms with Crippen LogP contribution in [0.25, 0.3) is 105 Å². The minimum absolute atomic E-state index is 0.588. The first kappa shape index (κ1) is 37.1. The molecule has 6 bridgehead atoms. The van der Waals surface area contributed by atoms with E-state index in [0.29, 0.717) is 6.42 Å². The van der Waals surface area contributed by atoms with Gasteiger partial charge in [-0.25, -0.2) is 0 Å². The van der Waals surface area contributed by atoms with E-state index >= 15 is 0 Å². The number of rotatable bonds is 4. The van der Waals surface area contributed by atoms with Gasteiger partial charge in [-0.3, -0.25) is 4.99 Å². The van der Waals surface area contributed by atoms with Gasteiger partial charge in [-0.15, -0.1) is 0 Å². The third-order valence-corrected chi connectivity index (χ3v) is 13.3. The van der Waals surface area contributed by atoms with Crippen LogP contribution in [-0.2, 0) is 6.42 Å². The number of fused-ring (bicyclic) bond motifs is 5. The summed E-state index contributed by atoms with van der Waals surface area (Å²) in [6.45, 7) is 0. The molecule has 14 rings (SSSR count). The van der Waals surface area contributed by atoms with E-state index in [9.17, 15) is 0 Å². The molecular formula is C62H40N2O. The van der Waals surface area contributed by atoms with Crippen LogP contribution < -0.4 is 0 Å². The van der Waals surface area contributed by atoms with Crippen LogP contribution in [0.15, 0.2) is 234 Å². The van der Waals surface area contributed by atoms with E-state index < -0.39 is 0 Å². The number of hydrogen-bond donors (Lipinski definition) is 0. The molecule has 0 N–H and O–H groups in total. The Kier molecular flexibility index (Phi) is 8.60. The van der Waals surface area contributed by atoms with Crippen LogP contribution in [0, 0.1) is 0 Å². The molecule has 0 atom stereocenters. The van der Waals surface area contributed by atoms with Crippen LogP contribution in [0.5, 0.6) is 0 Å². The highest BCUT2D eigenvalue weighted by Gasteiger charge is 2.20. The molecule has 0 fully saturated rings. The Morgan fingerprint density at radius 3 is 1.89 bits per heavy atom. The predicted molar refractivity (Wildman–Crippen MR) is 275 cm³/mol. The van der Waals surface area contributed by atoms with Crippen LogP contribution >= 0.6 is 0 Å². The molecule has 1 aliphatic heterocycles.